The van der Waals surface area contributed by atoms with Gasteiger partial charge < -0.3 is 14.5 Å². The summed E-state index contributed by atoms with van der Waals surface area (Å²) >= 11 is 0. The molecule has 0 bridgehead atoms. The van der Waals surface area contributed by atoms with Gasteiger partial charge in [-0.05, 0) is 31.9 Å². The van der Waals surface area contributed by atoms with E-state index in [0.29, 0.717) is 12.6 Å². The first-order valence-electron chi connectivity index (χ1n) is 10.1. The number of anilines is 2. The number of rotatable bonds is 5. The third-order valence-electron chi connectivity index (χ3n) is 5.19. The van der Waals surface area contributed by atoms with Crippen LogP contribution in [0.5, 0.6) is 0 Å². The number of carbonyl (C=O) groups excluding carboxylic acids is 1. The van der Waals surface area contributed by atoms with Crippen molar-refractivity contribution in [1.29, 1.82) is 0 Å². The van der Waals surface area contributed by atoms with E-state index < -0.39 is 5.97 Å². The predicted molar refractivity (Wildman–Crippen MR) is 112 cm³/mol. The first kappa shape index (κ1) is 21.0. The summed E-state index contributed by atoms with van der Waals surface area (Å²) in [5.74, 6) is 1.33. The topological polar surface area (TPSA) is 84.3 Å². The Morgan fingerprint density at radius 3 is 2.59 bits per heavy atom. The number of esters is 1. The molecule has 1 aliphatic heterocycles. The largest absolute Gasteiger partial charge is 0.460 e. The van der Waals surface area contributed by atoms with Crippen LogP contribution in [-0.2, 0) is 10.2 Å². The second-order valence-electron chi connectivity index (χ2n) is 8.32. The molecule has 0 aliphatic carbocycles. The average Bonchev–Trinajstić information content (AvgIpc) is 2.73. The van der Waals surface area contributed by atoms with Crippen molar-refractivity contribution in [2.24, 2.45) is 0 Å². The van der Waals surface area contributed by atoms with Gasteiger partial charge in [0.15, 0.2) is 5.82 Å². The number of hydrogen-bond donors (Lipinski definition) is 0. The minimum Gasteiger partial charge on any atom is -0.460 e. The summed E-state index contributed by atoms with van der Waals surface area (Å²) in [6.45, 7) is 10.0. The summed E-state index contributed by atoms with van der Waals surface area (Å²) < 4.78 is 5.13. The number of aromatic nitrogens is 4. The highest BCUT2D eigenvalue weighted by atomic mass is 16.5. The van der Waals surface area contributed by atoms with E-state index in [1.54, 1.807) is 13.1 Å². The first-order chi connectivity index (χ1) is 13.8. The predicted octanol–water partition coefficient (Wildman–Crippen LogP) is 2.85. The Hall–Kier alpha value is -2.77. The molecule has 3 rings (SSSR count). The number of carbonyl (C=O) groups is 1. The Kier molecular flexibility index (Phi) is 6.30. The van der Waals surface area contributed by atoms with Crippen molar-refractivity contribution < 1.29 is 9.53 Å². The molecule has 1 fully saturated rings. The van der Waals surface area contributed by atoms with Crippen LogP contribution < -0.4 is 9.80 Å². The van der Waals surface area contributed by atoms with Crippen LogP contribution in [-0.4, -0.2) is 58.9 Å². The second kappa shape index (κ2) is 8.71. The fourth-order valence-electron chi connectivity index (χ4n) is 3.42. The maximum Gasteiger partial charge on any atom is 0.376 e. The molecule has 156 valence electrons. The van der Waals surface area contributed by atoms with Gasteiger partial charge >= 0.3 is 5.97 Å². The third-order valence-corrected chi connectivity index (χ3v) is 5.19. The molecular formula is C21H30N6O2. The van der Waals surface area contributed by atoms with Gasteiger partial charge in [-0.25, -0.2) is 14.8 Å². The van der Waals surface area contributed by atoms with Crippen LogP contribution in [0.25, 0.3) is 0 Å². The van der Waals surface area contributed by atoms with Crippen LogP contribution in [0, 0.1) is 0 Å². The van der Waals surface area contributed by atoms with Gasteiger partial charge in [-0.3, -0.25) is 0 Å². The minimum atomic E-state index is -0.475. The molecule has 1 saturated heterocycles. The second-order valence-corrected chi connectivity index (χ2v) is 8.32. The van der Waals surface area contributed by atoms with Crippen LogP contribution in [0.15, 0.2) is 24.4 Å². The van der Waals surface area contributed by atoms with E-state index in [4.69, 9.17) is 4.74 Å². The number of nitrogens with zero attached hydrogens (tertiary/aromatic N) is 6. The lowest BCUT2D eigenvalue weighted by atomic mass is 9.91. The molecule has 2 aromatic heterocycles. The molecule has 0 aromatic carbocycles. The van der Waals surface area contributed by atoms with E-state index in [2.05, 4.69) is 57.8 Å². The standard InChI is InChI=1S/C21H30N6O2/c1-6-29-20(28)19-23-16(21(2,3)4)14-18(24-19)27-12-9-15(10-13-27)26(5)17-8-7-11-22-25-17/h7-8,11,14-15H,6,9-10,12-13H2,1-5H3. The molecule has 0 N–H and O–H groups in total. The van der Waals surface area contributed by atoms with Crippen LogP contribution in [0.2, 0.25) is 0 Å². The molecule has 2 aromatic rings. The maximum absolute atomic E-state index is 12.3. The van der Waals surface area contributed by atoms with E-state index >= 15 is 0 Å². The molecule has 3 heterocycles. The van der Waals surface area contributed by atoms with Gasteiger partial charge in [0.2, 0.25) is 5.82 Å². The molecule has 0 atom stereocenters. The molecule has 0 saturated carbocycles. The van der Waals surface area contributed by atoms with Crippen molar-refractivity contribution in [3.05, 3.63) is 35.9 Å². The summed E-state index contributed by atoms with van der Waals surface area (Å²) in [6, 6.07) is 6.26. The lowest BCUT2D eigenvalue weighted by molar-refractivity contribution is 0.0511. The van der Waals surface area contributed by atoms with Gasteiger partial charge in [-0.15, -0.1) is 5.10 Å². The smallest absolute Gasteiger partial charge is 0.376 e. The Balaban J connectivity index is 1.77. The van der Waals surface area contributed by atoms with Crippen LogP contribution in [0.4, 0.5) is 11.6 Å². The first-order valence-corrected chi connectivity index (χ1v) is 10.1. The fraction of sp³-hybridized carbons (Fsp3) is 0.571. The molecule has 0 amide bonds. The number of ether oxygens (including phenoxy) is 1. The zero-order chi connectivity index (χ0) is 21.0. The monoisotopic (exact) mass is 398 g/mol. The molecule has 29 heavy (non-hydrogen) atoms. The van der Waals surface area contributed by atoms with Gasteiger partial charge in [0.25, 0.3) is 0 Å². The number of hydrogen-bond acceptors (Lipinski definition) is 8. The SMILES string of the molecule is CCOC(=O)c1nc(N2CCC(N(C)c3cccnn3)CC2)cc(C(C)(C)C)n1. The minimum absolute atomic E-state index is 0.132. The molecular weight excluding hydrogens is 368 g/mol. The van der Waals surface area contributed by atoms with Crippen molar-refractivity contribution in [1.82, 2.24) is 20.2 Å². The highest BCUT2D eigenvalue weighted by Crippen LogP contribution is 2.27. The maximum atomic E-state index is 12.3. The Labute approximate surface area is 172 Å². The van der Waals surface area contributed by atoms with E-state index in [1.165, 1.54) is 0 Å². The van der Waals surface area contributed by atoms with Crippen LogP contribution in [0.3, 0.4) is 0 Å². The van der Waals surface area contributed by atoms with Crippen molar-refractivity contribution in [2.45, 2.75) is 52.0 Å². The quantitative estimate of drug-likeness (QED) is 0.711. The summed E-state index contributed by atoms with van der Waals surface area (Å²) in [5.41, 5.74) is 0.646. The Morgan fingerprint density at radius 2 is 2.00 bits per heavy atom. The summed E-state index contributed by atoms with van der Waals surface area (Å²) in [4.78, 5) is 25.7. The van der Waals surface area contributed by atoms with Crippen molar-refractivity contribution in [3.8, 4) is 0 Å². The molecule has 1 aliphatic rings. The summed E-state index contributed by atoms with van der Waals surface area (Å²) in [7, 11) is 2.06. The van der Waals surface area contributed by atoms with E-state index in [-0.39, 0.29) is 11.2 Å². The molecule has 8 heteroatoms. The van der Waals surface area contributed by atoms with Gasteiger partial charge in [0.05, 0.1) is 12.3 Å². The van der Waals surface area contributed by atoms with E-state index in [0.717, 1.165) is 43.3 Å². The van der Waals surface area contributed by atoms with Gasteiger partial charge in [-0.1, -0.05) is 20.8 Å². The van der Waals surface area contributed by atoms with E-state index in [9.17, 15) is 4.79 Å². The highest BCUT2D eigenvalue weighted by Gasteiger charge is 2.27. The fourth-order valence-corrected chi connectivity index (χ4v) is 3.42. The molecule has 8 nitrogen and oxygen atoms in total. The summed E-state index contributed by atoms with van der Waals surface area (Å²) in [6.07, 6.45) is 3.62. The molecule has 0 unspecified atom stereocenters. The Bertz CT molecular complexity index is 829. The van der Waals surface area contributed by atoms with Gasteiger partial charge in [0.1, 0.15) is 5.82 Å². The van der Waals surface area contributed by atoms with Crippen LogP contribution >= 0.6 is 0 Å². The lowest BCUT2D eigenvalue weighted by Crippen LogP contribution is -2.44. The van der Waals surface area contributed by atoms with Crippen molar-refractivity contribution in [2.75, 3.05) is 36.5 Å². The molecule has 0 spiro atoms. The van der Waals surface area contributed by atoms with Crippen molar-refractivity contribution in [3.63, 3.8) is 0 Å². The van der Waals surface area contributed by atoms with Gasteiger partial charge in [-0.2, -0.15) is 5.10 Å². The third kappa shape index (κ3) is 4.99. The van der Waals surface area contributed by atoms with E-state index in [1.807, 2.05) is 18.2 Å². The zero-order valence-corrected chi connectivity index (χ0v) is 17.9. The lowest BCUT2D eigenvalue weighted by Gasteiger charge is -2.37. The van der Waals surface area contributed by atoms with Crippen LogP contribution in [0.1, 0.15) is 56.8 Å². The Morgan fingerprint density at radius 1 is 1.28 bits per heavy atom. The highest BCUT2D eigenvalue weighted by molar-refractivity contribution is 5.85. The molecule has 0 radical (unpaired) electrons. The number of piperidine rings is 1. The normalized spacial score (nSPS) is 15.3. The zero-order valence-electron chi connectivity index (χ0n) is 17.9. The summed E-state index contributed by atoms with van der Waals surface area (Å²) in [5, 5.41) is 8.18. The van der Waals surface area contributed by atoms with Gasteiger partial charge in [0, 0.05) is 43.9 Å². The van der Waals surface area contributed by atoms with Crippen molar-refractivity contribution >= 4 is 17.6 Å². The average molecular weight is 399 g/mol.